The first kappa shape index (κ1) is 26.9. The number of carbonyl (C=O) groups excluding carboxylic acids is 2. The van der Waals surface area contributed by atoms with E-state index in [9.17, 15) is 9.59 Å². The fourth-order valence-electron chi connectivity index (χ4n) is 4.33. The maximum Gasteiger partial charge on any atom is 0.251 e. The molecule has 0 aliphatic carbocycles. The number of rotatable bonds is 11. The zero-order valence-corrected chi connectivity index (χ0v) is 22.3. The number of aryl methyl sites for hydroxylation is 1. The van der Waals surface area contributed by atoms with E-state index in [4.69, 9.17) is 0 Å². The summed E-state index contributed by atoms with van der Waals surface area (Å²) in [7, 11) is 0. The lowest BCUT2D eigenvalue weighted by atomic mass is 10.0. The number of hydrogen-bond acceptors (Lipinski definition) is 2. The first-order chi connectivity index (χ1) is 18.5. The number of benzene rings is 4. The molecule has 0 aliphatic heterocycles. The molecular weight excluding hydrogens is 468 g/mol. The molecular formula is C34H36N2O2. The van der Waals surface area contributed by atoms with Gasteiger partial charge in [-0.3, -0.25) is 9.59 Å². The summed E-state index contributed by atoms with van der Waals surface area (Å²) < 4.78 is 0. The Morgan fingerprint density at radius 3 is 1.71 bits per heavy atom. The van der Waals surface area contributed by atoms with Crippen molar-refractivity contribution in [1.82, 2.24) is 10.2 Å². The van der Waals surface area contributed by atoms with E-state index in [1.807, 2.05) is 65.6 Å². The van der Waals surface area contributed by atoms with Crippen LogP contribution < -0.4 is 5.32 Å². The molecule has 4 rings (SSSR count). The Labute approximate surface area is 226 Å². The fraction of sp³-hybridized carbons (Fsp3) is 0.235. The van der Waals surface area contributed by atoms with Crippen LogP contribution in [0.5, 0.6) is 0 Å². The van der Waals surface area contributed by atoms with Crippen LogP contribution >= 0.6 is 0 Å². The summed E-state index contributed by atoms with van der Waals surface area (Å²) in [6.07, 6.45) is 1.21. The van der Waals surface area contributed by atoms with E-state index < -0.39 is 0 Å². The van der Waals surface area contributed by atoms with Gasteiger partial charge in [0.25, 0.3) is 5.91 Å². The minimum absolute atomic E-state index is 0.0453. The minimum Gasteiger partial charge on any atom is -0.352 e. The molecule has 194 valence electrons. The van der Waals surface area contributed by atoms with Crippen molar-refractivity contribution in [3.8, 4) is 11.1 Å². The molecule has 0 saturated heterocycles. The van der Waals surface area contributed by atoms with Crippen LogP contribution in [0.2, 0.25) is 0 Å². The number of carbonyl (C=O) groups is 2. The fourth-order valence-corrected chi connectivity index (χ4v) is 4.33. The number of nitrogens with zero attached hydrogens (tertiary/aromatic N) is 1. The predicted molar refractivity (Wildman–Crippen MR) is 155 cm³/mol. The molecule has 0 aliphatic rings. The second-order valence-corrected chi connectivity index (χ2v) is 10.1. The second-order valence-electron chi connectivity index (χ2n) is 10.1. The highest BCUT2D eigenvalue weighted by Gasteiger charge is 2.15. The number of hydrogen-bond donors (Lipinski definition) is 1. The largest absolute Gasteiger partial charge is 0.352 e. The summed E-state index contributed by atoms with van der Waals surface area (Å²) in [4.78, 5) is 27.5. The maximum atomic E-state index is 13.3. The van der Waals surface area contributed by atoms with Crippen molar-refractivity contribution in [2.45, 2.75) is 39.8 Å². The van der Waals surface area contributed by atoms with Crippen molar-refractivity contribution in [1.29, 1.82) is 0 Å². The minimum atomic E-state index is -0.0453. The Morgan fingerprint density at radius 1 is 0.658 bits per heavy atom. The van der Waals surface area contributed by atoms with E-state index in [0.717, 1.165) is 28.7 Å². The standard InChI is InChI=1S/C34H36N2O2/c1-26(2)23-35-34(38)32-20-18-31(19-21-32)30-16-13-29(14-17-30)25-36(24-28-11-7-4-8-12-28)33(37)22-15-27-9-5-3-6-10-27/h3-14,16-21,26H,15,22-25H2,1-2H3,(H,35,38). The molecule has 38 heavy (non-hydrogen) atoms. The summed E-state index contributed by atoms with van der Waals surface area (Å²) in [6.45, 7) is 5.95. The van der Waals surface area contributed by atoms with Gasteiger partial charge in [0.05, 0.1) is 0 Å². The van der Waals surface area contributed by atoms with Crippen LogP contribution in [-0.4, -0.2) is 23.3 Å². The van der Waals surface area contributed by atoms with E-state index in [0.29, 0.717) is 37.5 Å². The van der Waals surface area contributed by atoms with Gasteiger partial charge >= 0.3 is 0 Å². The first-order valence-electron chi connectivity index (χ1n) is 13.3. The molecule has 2 amide bonds. The summed E-state index contributed by atoms with van der Waals surface area (Å²) in [6, 6.07) is 36.3. The van der Waals surface area contributed by atoms with Crippen molar-refractivity contribution in [3.63, 3.8) is 0 Å². The zero-order valence-electron chi connectivity index (χ0n) is 22.3. The average Bonchev–Trinajstić information content (AvgIpc) is 2.96. The Balaban J connectivity index is 1.42. The Bertz CT molecular complexity index is 1300. The van der Waals surface area contributed by atoms with E-state index in [-0.39, 0.29) is 11.8 Å². The van der Waals surface area contributed by atoms with Crippen molar-refractivity contribution >= 4 is 11.8 Å². The van der Waals surface area contributed by atoms with Crippen LogP contribution in [0.1, 0.15) is 47.3 Å². The molecule has 4 aromatic rings. The van der Waals surface area contributed by atoms with Gasteiger partial charge in [-0.05, 0) is 52.3 Å². The highest BCUT2D eigenvalue weighted by molar-refractivity contribution is 5.94. The van der Waals surface area contributed by atoms with Crippen molar-refractivity contribution in [2.24, 2.45) is 5.92 Å². The van der Waals surface area contributed by atoms with Crippen LogP contribution in [-0.2, 0) is 24.3 Å². The molecule has 0 spiro atoms. The highest BCUT2D eigenvalue weighted by Crippen LogP contribution is 2.22. The molecule has 0 heterocycles. The molecule has 4 nitrogen and oxygen atoms in total. The molecule has 0 fully saturated rings. The van der Waals surface area contributed by atoms with Crippen LogP contribution in [0.25, 0.3) is 11.1 Å². The van der Waals surface area contributed by atoms with Gasteiger partial charge in [0.2, 0.25) is 5.91 Å². The van der Waals surface area contributed by atoms with Crippen molar-refractivity contribution in [2.75, 3.05) is 6.54 Å². The Kier molecular flexibility index (Phi) is 9.47. The molecule has 0 unspecified atom stereocenters. The molecule has 0 saturated carbocycles. The summed E-state index contributed by atoms with van der Waals surface area (Å²) in [5, 5.41) is 2.96. The SMILES string of the molecule is CC(C)CNC(=O)c1ccc(-c2ccc(CN(Cc3ccccc3)C(=O)CCc3ccccc3)cc2)cc1. The summed E-state index contributed by atoms with van der Waals surface area (Å²) >= 11 is 0. The van der Waals surface area contributed by atoms with Gasteiger partial charge in [0.15, 0.2) is 0 Å². The van der Waals surface area contributed by atoms with Crippen LogP contribution in [0, 0.1) is 5.92 Å². The lowest BCUT2D eigenvalue weighted by molar-refractivity contribution is -0.132. The van der Waals surface area contributed by atoms with E-state index in [2.05, 4.69) is 67.7 Å². The van der Waals surface area contributed by atoms with E-state index in [1.54, 1.807) is 0 Å². The highest BCUT2D eigenvalue weighted by atomic mass is 16.2. The van der Waals surface area contributed by atoms with Gasteiger partial charge in [0.1, 0.15) is 0 Å². The molecule has 0 radical (unpaired) electrons. The van der Waals surface area contributed by atoms with Gasteiger partial charge in [0, 0.05) is 31.6 Å². The lowest BCUT2D eigenvalue weighted by Crippen LogP contribution is -2.30. The monoisotopic (exact) mass is 504 g/mol. The third-order valence-corrected chi connectivity index (χ3v) is 6.52. The smallest absolute Gasteiger partial charge is 0.251 e. The van der Waals surface area contributed by atoms with Crippen LogP contribution in [0.3, 0.4) is 0 Å². The molecule has 4 aromatic carbocycles. The maximum absolute atomic E-state index is 13.3. The van der Waals surface area contributed by atoms with Gasteiger partial charge in [-0.25, -0.2) is 0 Å². The van der Waals surface area contributed by atoms with Gasteiger partial charge in [-0.1, -0.05) is 111 Å². The summed E-state index contributed by atoms with van der Waals surface area (Å²) in [5.41, 5.74) is 6.17. The Hall–Kier alpha value is -4.18. The third-order valence-electron chi connectivity index (χ3n) is 6.52. The molecule has 0 aromatic heterocycles. The van der Waals surface area contributed by atoms with Gasteiger partial charge in [-0.2, -0.15) is 0 Å². The van der Waals surface area contributed by atoms with Crippen molar-refractivity contribution in [3.05, 3.63) is 131 Å². The van der Waals surface area contributed by atoms with Crippen LogP contribution in [0.4, 0.5) is 0 Å². The van der Waals surface area contributed by atoms with Gasteiger partial charge in [-0.15, -0.1) is 0 Å². The van der Waals surface area contributed by atoms with E-state index >= 15 is 0 Å². The third kappa shape index (κ3) is 7.91. The second kappa shape index (κ2) is 13.4. The molecule has 4 heteroatoms. The molecule has 0 atom stereocenters. The Morgan fingerprint density at radius 2 is 1.16 bits per heavy atom. The predicted octanol–water partition coefficient (Wildman–Crippen LogP) is 6.90. The van der Waals surface area contributed by atoms with Crippen LogP contribution in [0.15, 0.2) is 109 Å². The lowest BCUT2D eigenvalue weighted by Gasteiger charge is -2.23. The average molecular weight is 505 g/mol. The van der Waals surface area contributed by atoms with E-state index in [1.165, 1.54) is 5.56 Å². The molecule has 1 N–H and O–H groups in total. The number of amides is 2. The van der Waals surface area contributed by atoms with Crippen molar-refractivity contribution < 1.29 is 9.59 Å². The number of nitrogens with one attached hydrogen (secondary N) is 1. The first-order valence-corrected chi connectivity index (χ1v) is 13.3. The topological polar surface area (TPSA) is 49.4 Å². The quantitative estimate of drug-likeness (QED) is 0.241. The van der Waals surface area contributed by atoms with Gasteiger partial charge < -0.3 is 10.2 Å². The normalized spacial score (nSPS) is 10.8. The summed E-state index contributed by atoms with van der Waals surface area (Å²) in [5.74, 6) is 0.517. The zero-order chi connectivity index (χ0) is 26.7. The molecule has 0 bridgehead atoms.